The molecule has 3 heterocycles. The lowest BCUT2D eigenvalue weighted by Crippen LogP contribution is -2.55. The number of nitrogens with zero attached hydrogens (tertiary/aromatic N) is 4. The molecule has 190 valence electrons. The van der Waals surface area contributed by atoms with Crippen molar-refractivity contribution in [2.75, 3.05) is 24.5 Å². The van der Waals surface area contributed by atoms with Crippen molar-refractivity contribution in [2.24, 2.45) is 0 Å². The fourth-order valence-electron chi connectivity index (χ4n) is 6.23. The number of aromatic nitrogens is 1. The van der Waals surface area contributed by atoms with Crippen LogP contribution in [0.4, 0.5) is 5.82 Å². The topological polar surface area (TPSA) is 69.5 Å². The Labute approximate surface area is 215 Å². The number of pyridine rings is 1. The maximum absolute atomic E-state index is 13.1. The predicted molar refractivity (Wildman–Crippen MR) is 141 cm³/mol. The summed E-state index contributed by atoms with van der Waals surface area (Å²) in [7, 11) is 0. The van der Waals surface area contributed by atoms with E-state index in [1.165, 1.54) is 19.3 Å². The molecule has 0 N–H and O–H groups in total. The third kappa shape index (κ3) is 4.99. The number of fused-ring (bicyclic) bond motifs is 1. The van der Waals surface area contributed by atoms with Crippen molar-refractivity contribution in [1.29, 1.82) is 5.26 Å². The summed E-state index contributed by atoms with van der Waals surface area (Å²) in [6, 6.07) is 12.5. The largest absolute Gasteiger partial charge is 0.370 e. The summed E-state index contributed by atoms with van der Waals surface area (Å²) in [6.45, 7) is 8.88. The van der Waals surface area contributed by atoms with Crippen molar-refractivity contribution < 1.29 is 9.53 Å². The highest BCUT2D eigenvalue weighted by atomic mass is 16.5. The van der Waals surface area contributed by atoms with Gasteiger partial charge in [-0.3, -0.25) is 4.79 Å². The van der Waals surface area contributed by atoms with E-state index in [1.807, 2.05) is 35.2 Å². The molecule has 2 aliphatic heterocycles. The molecule has 2 aromatic rings. The van der Waals surface area contributed by atoms with Crippen LogP contribution in [0.25, 0.3) is 0 Å². The third-order valence-corrected chi connectivity index (χ3v) is 8.18. The average Bonchev–Trinajstić information content (AvgIpc) is 2.88. The summed E-state index contributed by atoms with van der Waals surface area (Å²) < 4.78 is 6.21. The Morgan fingerprint density at radius 3 is 2.58 bits per heavy atom. The molecule has 0 bridgehead atoms. The maximum Gasteiger partial charge on any atom is 0.227 e. The summed E-state index contributed by atoms with van der Waals surface area (Å²) in [5, 5.41) is 10.3. The van der Waals surface area contributed by atoms with Crippen molar-refractivity contribution in [3.63, 3.8) is 0 Å². The van der Waals surface area contributed by atoms with Gasteiger partial charge in [0.05, 0.1) is 29.9 Å². The van der Waals surface area contributed by atoms with Gasteiger partial charge < -0.3 is 14.5 Å². The number of rotatable bonds is 4. The molecule has 0 unspecified atom stereocenters. The van der Waals surface area contributed by atoms with Crippen LogP contribution in [-0.2, 0) is 29.0 Å². The van der Waals surface area contributed by atoms with Gasteiger partial charge in [0.1, 0.15) is 11.9 Å². The van der Waals surface area contributed by atoms with E-state index in [0.29, 0.717) is 44.1 Å². The molecule has 2 fully saturated rings. The molecule has 1 saturated carbocycles. The van der Waals surface area contributed by atoms with Crippen LogP contribution in [0.5, 0.6) is 0 Å². The number of carbonyl (C=O) groups is 1. The molecule has 5 rings (SSSR count). The molecule has 3 aliphatic rings. The van der Waals surface area contributed by atoms with Crippen LogP contribution in [-0.4, -0.2) is 47.1 Å². The van der Waals surface area contributed by atoms with Gasteiger partial charge in [0.15, 0.2) is 0 Å². The minimum atomic E-state index is -0.295. The standard InChI is InChI=1S/C30H38N4O2/c1-21-19-33(14-15-34(21)27(35)16-22-10-6-4-7-11-22)29-25(18-31)24-17-30(2,3)36-20-26(24)28(32-29)23-12-8-5-9-13-23/h4,6-7,10-11,21,23H,5,8-9,12-17,19-20H2,1-3H3/t21-/m1/s1. The second-order valence-corrected chi connectivity index (χ2v) is 11.4. The number of anilines is 1. The molecule has 1 amide bonds. The summed E-state index contributed by atoms with van der Waals surface area (Å²) in [6.07, 6.45) is 7.24. The Hall–Kier alpha value is -2.91. The van der Waals surface area contributed by atoms with Gasteiger partial charge >= 0.3 is 0 Å². The Kier molecular flexibility index (Phi) is 7.03. The predicted octanol–water partition coefficient (Wildman–Crippen LogP) is 5.13. The van der Waals surface area contributed by atoms with E-state index in [1.54, 1.807) is 0 Å². The molecular formula is C30H38N4O2. The van der Waals surface area contributed by atoms with Crippen LogP contribution < -0.4 is 4.90 Å². The van der Waals surface area contributed by atoms with E-state index >= 15 is 0 Å². The van der Waals surface area contributed by atoms with E-state index in [0.717, 1.165) is 47.5 Å². The minimum absolute atomic E-state index is 0.0530. The number of benzene rings is 1. The first kappa shape index (κ1) is 24.8. The van der Waals surface area contributed by atoms with Crippen molar-refractivity contribution >= 4 is 11.7 Å². The fraction of sp³-hybridized carbons (Fsp3) is 0.567. The number of hydrogen-bond acceptors (Lipinski definition) is 5. The Morgan fingerprint density at radius 2 is 1.89 bits per heavy atom. The minimum Gasteiger partial charge on any atom is -0.370 e. The van der Waals surface area contributed by atoms with Crippen LogP contribution in [0.2, 0.25) is 0 Å². The quantitative estimate of drug-likeness (QED) is 0.599. The highest BCUT2D eigenvalue weighted by molar-refractivity contribution is 5.79. The van der Waals surface area contributed by atoms with E-state index in [4.69, 9.17) is 9.72 Å². The number of hydrogen-bond donors (Lipinski definition) is 0. The lowest BCUT2D eigenvalue weighted by molar-refractivity contribution is -0.132. The van der Waals surface area contributed by atoms with Gasteiger partial charge in [-0.05, 0) is 44.7 Å². The van der Waals surface area contributed by atoms with E-state index in [-0.39, 0.29) is 17.6 Å². The second kappa shape index (κ2) is 10.2. The first-order valence-electron chi connectivity index (χ1n) is 13.5. The first-order valence-corrected chi connectivity index (χ1v) is 13.5. The van der Waals surface area contributed by atoms with Crippen LogP contribution in [0.15, 0.2) is 30.3 Å². The highest BCUT2D eigenvalue weighted by Gasteiger charge is 2.36. The molecule has 1 saturated heterocycles. The van der Waals surface area contributed by atoms with Crippen molar-refractivity contribution in [3.05, 3.63) is 58.3 Å². The van der Waals surface area contributed by atoms with E-state index in [2.05, 4.69) is 31.7 Å². The zero-order valence-electron chi connectivity index (χ0n) is 21.9. The maximum atomic E-state index is 13.1. The second-order valence-electron chi connectivity index (χ2n) is 11.4. The normalized spacial score (nSPS) is 22.1. The molecule has 1 aromatic heterocycles. The number of amides is 1. The number of carbonyl (C=O) groups excluding carboxylic acids is 1. The van der Waals surface area contributed by atoms with Gasteiger partial charge in [0.25, 0.3) is 0 Å². The molecule has 1 atom stereocenters. The lowest BCUT2D eigenvalue weighted by Gasteiger charge is -2.42. The SMILES string of the molecule is C[C@@H]1CN(c2nc(C3CCCCC3)c3c(c2C#N)CC(C)(C)OC3)CCN1C(=O)Cc1ccccc1. The smallest absolute Gasteiger partial charge is 0.227 e. The molecule has 0 spiro atoms. The fourth-order valence-corrected chi connectivity index (χ4v) is 6.23. The van der Waals surface area contributed by atoms with Gasteiger partial charge in [0, 0.05) is 43.6 Å². The van der Waals surface area contributed by atoms with Gasteiger partial charge in [-0.2, -0.15) is 5.26 Å². The average molecular weight is 487 g/mol. The number of nitriles is 1. The lowest BCUT2D eigenvalue weighted by atomic mass is 9.80. The van der Waals surface area contributed by atoms with Crippen LogP contribution in [0.3, 0.4) is 0 Å². The first-order chi connectivity index (χ1) is 17.4. The molecule has 1 aliphatic carbocycles. The van der Waals surface area contributed by atoms with Gasteiger partial charge in [-0.15, -0.1) is 0 Å². The monoisotopic (exact) mass is 486 g/mol. The third-order valence-electron chi connectivity index (χ3n) is 8.18. The number of piperazine rings is 1. The summed E-state index contributed by atoms with van der Waals surface area (Å²) in [5.74, 6) is 1.42. The van der Waals surface area contributed by atoms with E-state index < -0.39 is 0 Å². The summed E-state index contributed by atoms with van der Waals surface area (Å²) in [5.41, 5.74) is 4.90. The Morgan fingerprint density at radius 1 is 1.14 bits per heavy atom. The Bertz CT molecular complexity index is 1150. The zero-order chi connectivity index (χ0) is 25.3. The molecule has 36 heavy (non-hydrogen) atoms. The Balaban J connectivity index is 1.44. The van der Waals surface area contributed by atoms with Crippen LogP contribution in [0, 0.1) is 11.3 Å². The van der Waals surface area contributed by atoms with Gasteiger partial charge in [-0.25, -0.2) is 4.98 Å². The van der Waals surface area contributed by atoms with Gasteiger partial charge in [0.2, 0.25) is 5.91 Å². The molecule has 6 heteroatoms. The van der Waals surface area contributed by atoms with Crippen molar-refractivity contribution in [2.45, 2.75) is 89.9 Å². The summed E-state index contributed by atoms with van der Waals surface area (Å²) >= 11 is 0. The van der Waals surface area contributed by atoms with Crippen molar-refractivity contribution in [3.8, 4) is 6.07 Å². The van der Waals surface area contributed by atoms with Crippen LogP contribution >= 0.6 is 0 Å². The molecule has 6 nitrogen and oxygen atoms in total. The summed E-state index contributed by atoms with van der Waals surface area (Å²) in [4.78, 5) is 22.6. The van der Waals surface area contributed by atoms with Crippen molar-refractivity contribution in [1.82, 2.24) is 9.88 Å². The molecular weight excluding hydrogens is 448 g/mol. The molecule has 0 radical (unpaired) electrons. The zero-order valence-corrected chi connectivity index (χ0v) is 21.9. The highest BCUT2D eigenvalue weighted by Crippen LogP contribution is 2.41. The number of ether oxygens (including phenoxy) is 1. The van der Waals surface area contributed by atoms with Gasteiger partial charge in [-0.1, -0.05) is 49.6 Å². The van der Waals surface area contributed by atoms with Crippen LogP contribution in [0.1, 0.15) is 86.7 Å². The van der Waals surface area contributed by atoms with E-state index in [9.17, 15) is 10.1 Å². The molecule has 1 aromatic carbocycles.